The summed E-state index contributed by atoms with van der Waals surface area (Å²) in [4.78, 5) is 4.21. The van der Waals surface area contributed by atoms with Crippen LogP contribution < -0.4 is 5.32 Å². The molecule has 1 aromatic heterocycles. The van der Waals surface area contributed by atoms with Crippen molar-refractivity contribution in [2.45, 2.75) is 6.92 Å². The van der Waals surface area contributed by atoms with E-state index in [1.54, 1.807) is 18.3 Å². The van der Waals surface area contributed by atoms with Crippen molar-refractivity contribution in [1.29, 1.82) is 5.41 Å². The zero-order chi connectivity index (χ0) is 12.8. The van der Waals surface area contributed by atoms with Crippen LogP contribution in [0.4, 0.5) is 5.69 Å². The van der Waals surface area contributed by atoms with Gasteiger partial charge in [0, 0.05) is 5.69 Å². The first-order chi connectivity index (χ1) is 8.78. The zero-order valence-electron chi connectivity index (χ0n) is 10.2. The van der Waals surface area contributed by atoms with Crippen LogP contribution >= 0.6 is 0 Å². The first kappa shape index (κ1) is 12.1. The van der Waals surface area contributed by atoms with E-state index in [2.05, 4.69) is 29.4 Å². The third-order valence-corrected chi connectivity index (χ3v) is 2.40. The van der Waals surface area contributed by atoms with Gasteiger partial charge < -0.3 is 15.1 Å². The third-order valence-electron chi connectivity index (χ3n) is 2.40. The summed E-state index contributed by atoms with van der Waals surface area (Å²) in [6.45, 7) is 2.54. The summed E-state index contributed by atoms with van der Waals surface area (Å²) in [5, 5.41) is 10.2. The molecule has 0 spiro atoms. The fourth-order valence-corrected chi connectivity index (χ4v) is 1.54. The molecule has 2 rings (SSSR count). The molecule has 0 unspecified atom stereocenters. The summed E-state index contributed by atoms with van der Waals surface area (Å²) < 4.78 is 5.28. The van der Waals surface area contributed by atoms with Crippen LogP contribution in [0.25, 0.3) is 0 Å². The molecule has 1 aromatic carbocycles. The summed E-state index contributed by atoms with van der Waals surface area (Å²) in [7, 11) is 0. The molecule has 0 amide bonds. The van der Waals surface area contributed by atoms with E-state index in [0.29, 0.717) is 18.2 Å². The van der Waals surface area contributed by atoms with Gasteiger partial charge in [-0.05, 0) is 36.8 Å². The second-order valence-electron chi connectivity index (χ2n) is 3.90. The minimum absolute atomic E-state index is 0.490. The zero-order valence-corrected chi connectivity index (χ0v) is 10.2. The topological polar surface area (TPSA) is 61.4 Å². The van der Waals surface area contributed by atoms with E-state index in [1.807, 2.05) is 12.1 Å². The highest BCUT2D eigenvalue weighted by molar-refractivity contribution is 5.79. The highest BCUT2D eigenvalue weighted by atomic mass is 16.3. The summed E-state index contributed by atoms with van der Waals surface area (Å²) in [6.07, 6.45) is 2.82. The van der Waals surface area contributed by atoms with Gasteiger partial charge in [-0.3, -0.25) is 4.99 Å². The summed E-state index contributed by atoms with van der Waals surface area (Å²) >= 11 is 0. The molecular formula is C14H15N3O. The molecule has 2 aromatic rings. The maximum atomic E-state index is 7.03. The maximum absolute atomic E-state index is 7.03. The predicted molar refractivity (Wildman–Crippen MR) is 73.9 cm³/mol. The lowest BCUT2D eigenvalue weighted by atomic mass is 10.2. The molecule has 2 N–H and O–H groups in total. The molecule has 4 nitrogen and oxygen atoms in total. The Morgan fingerprint density at radius 2 is 2.11 bits per heavy atom. The van der Waals surface area contributed by atoms with Crippen molar-refractivity contribution in [3.8, 4) is 0 Å². The Morgan fingerprint density at radius 1 is 1.28 bits per heavy atom. The summed E-state index contributed by atoms with van der Waals surface area (Å²) in [5.41, 5.74) is 2.26. The Kier molecular flexibility index (Phi) is 3.91. The first-order valence-corrected chi connectivity index (χ1v) is 5.68. The molecule has 4 heteroatoms. The van der Waals surface area contributed by atoms with E-state index >= 15 is 0 Å². The summed E-state index contributed by atoms with van der Waals surface area (Å²) in [6, 6.07) is 11.7. The van der Waals surface area contributed by atoms with Crippen molar-refractivity contribution in [2.75, 3.05) is 12.0 Å². The van der Waals surface area contributed by atoms with Crippen molar-refractivity contribution >= 4 is 18.1 Å². The number of nitrogens with zero attached hydrogens (tertiary/aromatic N) is 1. The predicted octanol–water partition coefficient (Wildman–Crippen LogP) is 3.07. The number of benzene rings is 1. The van der Waals surface area contributed by atoms with Crippen LogP contribution in [0, 0.1) is 12.3 Å². The molecule has 0 aliphatic rings. The van der Waals surface area contributed by atoms with Gasteiger partial charge in [0.2, 0.25) is 0 Å². The Bertz CT molecular complexity index is 558. The lowest BCUT2D eigenvalue weighted by Gasteiger charge is -2.03. The Hall–Kier alpha value is -2.36. The molecule has 0 bridgehead atoms. The van der Waals surface area contributed by atoms with Crippen molar-refractivity contribution in [1.82, 2.24) is 0 Å². The van der Waals surface area contributed by atoms with Crippen LogP contribution in [0.2, 0.25) is 0 Å². The standard InChI is InChI=1S/C14H15N3O/c1-11-3-2-4-12(7-11)17-10-16-9-14-6-5-13(8-15)18-14/h2-9,15,17H,10H2,1H3/b15-8?,16-9+. The van der Waals surface area contributed by atoms with Crippen molar-refractivity contribution < 1.29 is 4.42 Å². The second-order valence-corrected chi connectivity index (χ2v) is 3.90. The molecule has 1 heterocycles. The van der Waals surface area contributed by atoms with Crippen LogP contribution in [0.3, 0.4) is 0 Å². The van der Waals surface area contributed by atoms with Crippen molar-refractivity contribution in [2.24, 2.45) is 4.99 Å². The van der Waals surface area contributed by atoms with Crippen LogP contribution in [-0.4, -0.2) is 19.1 Å². The number of hydrogen-bond acceptors (Lipinski definition) is 4. The van der Waals surface area contributed by atoms with Gasteiger partial charge in [0.25, 0.3) is 0 Å². The molecule has 0 fully saturated rings. The number of furan rings is 1. The quantitative estimate of drug-likeness (QED) is 0.790. The van der Waals surface area contributed by atoms with Crippen LogP contribution in [0.1, 0.15) is 17.1 Å². The fraction of sp³-hybridized carbons (Fsp3) is 0.143. The van der Waals surface area contributed by atoms with Gasteiger partial charge in [-0.1, -0.05) is 12.1 Å². The average Bonchev–Trinajstić information content (AvgIpc) is 2.83. The smallest absolute Gasteiger partial charge is 0.145 e. The van der Waals surface area contributed by atoms with Crippen molar-refractivity contribution in [3.05, 3.63) is 53.5 Å². The Labute approximate surface area is 106 Å². The van der Waals surface area contributed by atoms with Gasteiger partial charge >= 0.3 is 0 Å². The molecule has 0 radical (unpaired) electrons. The number of hydrogen-bond donors (Lipinski definition) is 2. The molecule has 0 aliphatic heterocycles. The minimum Gasteiger partial charge on any atom is -0.454 e. The van der Waals surface area contributed by atoms with E-state index in [1.165, 1.54) is 11.8 Å². The highest BCUT2D eigenvalue weighted by Crippen LogP contribution is 2.09. The minimum atomic E-state index is 0.490. The number of anilines is 1. The second kappa shape index (κ2) is 5.82. The molecule has 0 aliphatic carbocycles. The van der Waals surface area contributed by atoms with E-state index in [4.69, 9.17) is 9.83 Å². The normalized spacial score (nSPS) is 10.7. The lowest BCUT2D eigenvalue weighted by Crippen LogP contribution is -1.98. The van der Waals surface area contributed by atoms with Crippen LogP contribution in [0.15, 0.2) is 45.8 Å². The molecule has 0 saturated carbocycles. The van der Waals surface area contributed by atoms with Gasteiger partial charge in [0.15, 0.2) is 0 Å². The van der Waals surface area contributed by atoms with Crippen LogP contribution in [0.5, 0.6) is 0 Å². The van der Waals surface area contributed by atoms with Gasteiger partial charge in [-0.25, -0.2) is 0 Å². The van der Waals surface area contributed by atoms with Gasteiger partial charge in [0.05, 0.1) is 12.4 Å². The van der Waals surface area contributed by atoms with E-state index in [9.17, 15) is 0 Å². The average molecular weight is 241 g/mol. The Balaban J connectivity index is 1.86. The molecule has 18 heavy (non-hydrogen) atoms. The highest BCUT2D eigenvalue weighted by Gasteiger charge is 1.95. The Morgan fingerprint density at radius 3 is 2.83 bits per heavy atom. The lowest BCUT2D eigenvalue weighted by molar-refractivity contribution is 0.553. The third kappa shape index (κ3) is 3.31. The molecule has 0 saturated heterocycles. The van der Waals surface area contributed by atoms with E-state index in [0.717, 1.165) is 5.69 Å². The molecule has 92 valence electrons. The number of aryl methyl sites for hydroxylation is 1. The summed E-state index contributed by atoms with van der Waals surface area (Å²) in [5.74, 6) is 1.18. The van der Waals surface area contributed by atoms with Crippen molar-refractivity contribution in [3.63, 3.8) is 0 Å². The monoisotopic (exact) mass is 241 g/mol. The van der Waals surface area contributed by atoms with E-state index < -0.39 is 0 Å². The molecule has 0 atom stereocenters. The number of aliphatic imine (C=N–C) groups is 1. The van der Waals surface area contributed by atoms with Gasteiger partial charge in [0.1, 0.15) is 18.2 Å². The SMILES string of the molecule is Cc1cccc(NC/N=C/c2ccc(C=N)o2)c1. The molecular weight excluding hydrogens is 226 g/mol. The van der Waals surface area contributed by atoms with E-state index in [-0.39, 0.29) is 0 Å². The van der Waals surface area contributed by atoms with Crippen LogP contribution in [-0.2, 0) is 0 Å². The largest absolute Gasteiger partial charge is 0.454 e. The number of rotatable bonds is 5. The first-order valence-electron chi connectivity index (χ1n) is 5.68. The van der Waals surface area contributed by atoms with Gasteiger partial charge in [-0.15, -0.1) is 0 Å². The fourth-order valence-electron chi connectivity index (χ4n) is 1.54. The number of nitrogens with one attached hydrogen (secondary N) is 2. The van der Waals surface area contributed by atoms with Gasteiger partial charge in [-0.2, -0.15) is 0 Å². The maximum Gasteiger partial charge on any atom is 0.145 e.